The summed E-state index contributed by atoms with van der Waals surface area (Å²) in [6, 6.07) is 9.67. The van der Waals surface area contributed by atoms with Gasteiger partial charge >= 0.3 is 6.03 Å². The third-order valence-electron chi connectivity index (χ3n) is 5.06. The highest BCUT2D eigenvalue weighted by Crippen LogP contribution is 2.21. The van der Waals surface area contributed by atoms with Crippen molar-refractivity contribution < 1.29 is 9.59 Å². The van der Waals surface area contributed by atoms with Crippen LogP contribution in [0.25, 0.3) is 0 Å². The summed E-state index contributed by atoms with van der Waals surface area (Å²) in [5, 5.41) is 6.11. The minimum Gasteiger partial charge on any atom is -0.353 e. The lowest BCUT2D eigenvalue weighted by Crippen LogP contribution is -2.48. The van der Waals surface area contributed by atoms with Gasteiger partial charge in [-0.25, -0.2) is 4.79 Å². The first-order chi connectivity index (χ1) is 11.7. The molecular weight excluding hydrogens is 302 g/mol. The zero-order valence-corrected chi connectivity index (χ0v) is 14.2. The van der Waals surface area contributed by atoms with Crippen molar-refractivity contribution in [3.63, 3.8) is 0 Å². The van der Waals surface area contributed by atoms with Gasteiger partial charge in [-0.2, -0.15) is 0 Å². The van der Waals surface area contributed by atoms with Gasteiger partial charge in [0.25, 0.3) is 0 Å². The van der Waals surface area contributed by atoms with E-state index in [2.05, 4.69) is 10.6 Å². The first kappa shape index (κ1) is 16.8. The maximum absolute atomic E-state index is 12.5. The van der Waals surface area contributed by atoms with Crippen molar-refractivity contribution in [1.82, 2.24) is 10.2 Å². The van der Waals surface area contributed by atoms with Crippen LogP contribution >= 0.6 is 0 Å². The second-order valence-corrected chi connectivity index (χ2v) is 6.92. The SMILES string of the molecule is O=C(NC1CCCCC1)[C@@H]1CCCN(C(=O)Nc2ccccc2)C1. The number of carbonyl (C=O) groups is 2. The Morgan fingerprint density at radius 1 is 0.958 bits per heavy atom. The van der Waals surface area contributed by atoms with E-state index in [1.807, 2.05) is 30.3 Å². The van der Waals surface area contributed by atoms with Crippen LogP contribution in [0.5, 0.6) is 0 Å². The van der Waals surface area contributed by atoms with Crippen LogP contribution in [-0.2, 0) is 4.79 Å². The molecule has 1 aromatic rings. The quantitative estimate of drug-likeness (QED) is 0.893. The molecule has 1 heterocycles. The Balaban J connectivity index is 1.51. The smallest absolute Gasteiger partial charge is 0.321 e. The fourth-order valence-electron chi connectivity index (χ4n) is 3.67. The molecule has 1 saturated heterocycles. The van der Waals surface area contributed by atoms with E-state index in [1.54, 1.807) is 4.90 Å². The number of para-hydroxylation sites is 1. The van der Waals surface area contributed by atoms with E-state index in [-0.39, 0.29) is 17.9 Å². The standard InChI is InChI=1S/C19H27N3O2/c23-18(20-16-9-3-1-4-10-16)15-8-7-13-22(14-15)19(24)21-17-11-5-2-6-12-17/h2,5-6,11-12,15-16H,1,3-4,7-10,13-14H2,(H,20,23)(H,21,24)/t15-/m1/s1. The molecule has 130 valence electrons. The molecular formula is C19H27N3O2. The lowest BCUT2D eigenvalue weighted by Gasteiger charge is -2.33. The van der Waals surface area contributed by atoms with Crippen LogP contribution in [0.15, 0.2) is 30.3 Å². The van der Waals surface area contributed by atoms with Crippen molar-refractivity contribution in [3.05, 3.63) is 30.3 Å². The fourth-order valence-corrected chi connectivity index (χ4v) is 3.67. The van der Waals surface area contributed by atoms with Gasteiger partial charge in [0.1, 0.15) is 0 Å². The second kappa shape index (κ2) is 8.18. The molecule has 0 unspecified atom stereocenters. The predicted octanol–water partition coefficient (Wildman–Crippen LogP) is 3.38. The van der Waals surface area contributed by atoms with E-state index in [4.69, 9.17) is 0 Å². The van der Waals surface area contributed by atoms with Gasteiger partial charge in [0.2, 0.25) is 5.91 Å². The van der Waals surface area contributed by atoms with Crippen LogP contribution in [0, 0.1) is 5.92 Å². The van der Waals surface area contributed by atoms with Crippen molar-refractivity contribution in [2.45, 2.75) is 51.0 Å². The highest BCUT2D eigenvalue weighted by atomic mass is 16.2. The molecule has 1 aliphatic carbocycles. The number of anilines is 1. The topological polar surface area (TPSA) is 61.4 Å². The Morgan fingerprint density at radius 2 is 1.71 bits per heavy atom. The average Bonchev–Trinajstić information content (AvgIpc) is 2.63. The largest absolute Gasteiger partial charge is 0.353 e. The molecule has 5 heteroatoms. The van der Waals surface area contributed by atoms with Gasteiger partial charge in [0.15, 0.2) is 0 Å². The fraction of sp³-hybridized carbons (Fsp3) is 0.579. The lowest BCUT2D eigenvalue weighted by molar-refractivity contribution is -0.127. The van der Waals surface area contributed by atoms with E-state index < -0.39 is 0 Å². The number of carbonyl (C=O) groups excluding carboxylic acids is 2. The monoisotopic (exact) mass is 329 g/mol. The number of nitrogens with zero attached hydrogens (tertiary/aromatic N) is 1. The summed E-state index contributed by atoms with van der Waals surface area (Å²) in [4.78, 5) is 26.7. The third-order valence-corrected chi connectivity index (χ3v) is 5.06. The molecule has 2 N–H and O–H groups in total. The number of urea groups is 1. The Bertz CT molecular complexity index is 555. The Hall–Kier alpha value is -2.04. The van der Waals surface area contributed by atoms with Crippen molar-refractivity contribution in [3.8, 4) is 0 Å². The molecule has 0 radical (unpaired) electrons. The van der Waals surface area contributed by atoms with Gasteiger partial charge in [-0.05, 0) is 37.8 Å². The molecule has 0 spiro atoms. The number of nitrogens with one attached hydrogen (secondary N) is 2. The summed E-state index contributed by atoms with van der Waals surface area (Å²) < 4.78 is 0. The van der Waals surface area contributed by atoms with E-state index in [0.29, 0.717) is 19.1 Å². The van der Waals surface area contributed by atoms with Gasteiger partial charge in [-0.1, -0.05) is 37.5 Å². The van der Waals surface area contributed by atoms with Crippen LogP contribution in [0.4, 0.5) is 10.5 Å². The lowest BCUT2D eigenvalue weighted by atomic mass is 9.93. The zero-order chi connectivity index (χ0) is 16.8. The van der Waals surface area contributed by atoms with Crippen molar-refractivity contribution in [2.75, 3.05) is 18.4 Å². The van der Waals surface area contributed by atoms with E-state index in [0.717, 1.165) is 31.4 Å². The molecule has 1 saturated carbocycles. The first-order valence-corrected chi connectivity index (χ1v) is 9.14. The van der Waals surface area contributed by atoms with Crippen LogP contribution < -0.4 is 10.6 Å². The zero-order valence-electron chi connectivity index (χ0n) is 14.2. The van der Waals surface area contributed by atoms with Crippen LogP contribution in [0.1, 0.15) is 44.9 Å². The molecule has 5 nitrogen and oxygen atoms in total. The van der Waals surface area contributed by atoms with Gasteiger partial charge in [0, 0.05) is 24.8 Å². The first-order valence-electron chi connectivity index (χ1n) is 9.14. The van der Waals surface area contributed by atoms with Crippen LogP contribution in [-0.4, -0.2) is 36.0 Å². The molecule has 1 aromatic carbocycles. The molecule has 2 aliphatic rings. The molecule has 1 atom stereocenters. The summed E-state index contributed by atoms with van der Waals surface area (Å²) in [7, 11) is 0. The maximum atomic E-state index is 12.5. The number of benzene rings is 1. The van der Waals surface area contributed by atoms with Gasteiger partial charge < -0.3 is 15.5 Å². The molecule has 0 aromatic heterocycles. The van der Waals surface area contributed by atoms with Crippen molar-refractivity contribution >= 4 is 17.6 Å². The minimum atomic E-state index is -0.114. The van der Waals surface area contributed by atoms with E-state index in [9.17, 15) is 9.59 Å². The predicted molar refractivity (Wildman–Crippen MR) is 94.8 cm³/mol. The summed E-state index contributed by atoms with van der Waals surface area (Å²) >= 11 is 0. The number of amides is 3. The molecule has 3 rings (SSSR count). The minimum absolute atomic E-state index is 0.0813. The Labute approximate surface area is 143 Å². The molecule has 1 aliphatic heterocycles. The third kappa shape index (κ3) is 4.49. The normalized spacial score (nSPS) is 22.0. The molecule has 3 amide bonds. The van der Waals surface area contributed by atoms with Crippen LogP contribution in [0.2, 0.25) is 0 Å². The van der Waals surface area contributed by atoms with Gasteiger partial charge in [0.05, 0.1) is 5.92 Å². The Morgan fingerprint density at radius 3 is 2.46 bits per heavy atom. The maximum Gasteiger partial charge on any atom is 0.321 e. The second-order valence-electron chi connectivity index (χ2n) is 6.92. The molecule has 2 fully saturated rings. The van der Waals surface area contributed by atoms with E-state index >= 15 is 0 Å². The van der Waals surface area contributed by atoms with Gasteiger partial charge in [-0.3, -0.25) is 4.79 Å². The highest BCUT2D eigenvalue weighted by Gasteiger charge is 2.29. The molecule has 24 heavy (non-hydrogen) atoms. The van der Waals surface area contributed by atoms with Gasteiger partial charge in [-0.15, -0.1) is 0 Å². The number of rotatable bonds is 3. The Kier molecular flexibility index (Phi) is 5.72. The number of hydrogen-bond donors (Lipinski definition) is 2. The summed E-state index contributed by atoms with van der Waals surface area (Å²) in [5.74, 6) is 0.0429. The van der Waals surface area contributed by atoms with Crippen molar-refractivity contribution in [1.29, 1.82) is 0 Å². The summed E-state index contributed by atoms with van der Waals surface area (Å²) in [5.41, 5.74) is 0.788. The van der Waals surface area contributed by atoms with E-state index in [1.165, 1.54) is 19.3 Å². The van der Waals surface area contributed by atoms with Crippen LogP contribution in [0.3, 0.4) is 0 Å². The number of hydrogen-bond acceptors (Lipinski definition) is 2. The number of piperidine rings is 1. The summed E-state index contributed by atoms with van der Waals surface area (Å²) in [6.07, 6.45) is 7.64. The highest BCUT2D eigenvalue weighted by molar-refractivity contribution is 5.90. The molecule has 0 bridgehead atoms. The summed E-state index contributed by atoms with van der Waals surface area (Å²) in [6.45, 7) is 1.23. The van der Waals surface area contributed by atoms with Crippen molar-refractivity contribution in [2.24, 2.45) is 5.92 Å². The number of likely N-dealkylation sites (tertiary alicyclic amines) is 1. The average molecular weight is 329 g/mol.